The van der Waals surface area contributed by atoms with Crippen LogP contribution in [-0.4, -0.2) is 49.0 Å². The van der Waals surface area contributed by atoms with Crippen molar-refractivity contribution in [1.29, 1.82) is 0 Å². The van der Waals surface area contributed by atoms with Crippen LogP contribution in [0.3, 0.4) is 0 Å². The zero-order chi connectivity index (χ0) is 12.8. The molecular weight excluding hydrogens is 242 g/mol. The standard InChI is InChI=1S/C10H20ClN5O/c1-15(2)4-5-16-10(8(11)6-13-16)9(14-12)7-17-3/h6,9,14H,4-5,7,12H2,1-3H3. The fraction of sp³-hybridized carbons (Fsp3) is 0.700. The molecule has 1 aromatic heterocycles. The zero-order valence-corrected chi connectivity index (χ0v) is 11.2. The van der Waals surface area contributed by atoms with Crippen molar-refractivity contribution in [1.82, 2.24) is 20.1 Å². The number of halogens is 1. The van der Waals surface area contributed by atoms with E-state index in [0.29, 0.717) is 11.6 Å². The van der Waals surface area contributed by atoms with Crippen LogP contribution in [0.15, 0.2) is 6.20 Å². The Morgan fingerprint density at radius 2 is 2.35 bits per heavy atom. The van der Waals surface area contributed by atoms with Gasteiger partial charge < -0.3 is 9.64 Å². The Morgan fingerprint density at radius 3 is 2.88 bits per heavy atom. The summed E-state index contributed by atoms with van der Waals surface area (Å²) in [7, 11) is 5.65. The third-order valence-electron chi connectivity index (χ3n) is 2.46. The van der Waals surface area contributed by atoms with E-state index in [2.05, 4.69) is 15.4 Å². The van der Waals surface area contributed by atoms with Gasteiger partial charge in [0.2, 0.25) is 0 Å². The summed E-state index contributed by atoms with van der Waals surface area (Å²) >= 11 is 6.12. The summed E-state index contributed by atoms with van der Waals surface area (Å²) in [6.45, 7) is 2.09. The number of likely N-dealkylation sites (N-methyl/N-ethyl adjacent to an activating group) is 1. The summed E-state index contributed by atoms with van der Waals surface area (Å²) in [5.41, 5.74) is 3.55. The van der Waals surface area contributed by atoms with Gasteiger partial charge in [0.25, 0.3) is 0 Å². The van der Waals surface area contributed by atoms with Crippen LogP contribution < -0.4 is 11.3 Å². The number of nitrogens with one attached hydrogen (secondary N) is 1. The van der Waals surface area contributed by atoms with Gasteiger partial charge in [-0.2, -0.15) is 5.10 Å². The molecule has 3 N–H and O–H groups in total. The van der Waals surface area contributed by atoms with Crippen molar-refractivity contribution in [2.24, 2.45) is 5.84 Å². The van der Waals surface area contributed by atoms with E-state index in [4.69, 9.17) is 22.2 Å². The first-order valence-corrected chi connectivity index (χ1v) is 5.79. The lowest BCUT2D eigenvalue weighted by atomic mass is 10.2. The van der Waals surface area contributed by atoms with Gasteiger partial charge in [-0.05, 0) is 14.1 Å². The molecule has 0 saturated carbocycles. The molecule has 0 saturated heterocycles. The molecule has 0 aliphatic carbocycles. The lowest BCUT2D eigenvalue weighted by Gasteiger charge is -2.18. The van der Waals surface area contributed by atoms with Gasteiger partial charge in [-0.25, -0.2) is 5.43 Å². The van der Waals surface area contributed by atoms with Crippen LogP contribution in [0.1, 0.15) is 11.7 Å². The third-order valence-corrected chi connectivity index (χ3v) is 2.75. The Kier molecular flexibility index (Phi) is 5.87. The van der Waals surface area contributed by atoms with Crippen molar-refractivity contribution in [3.05, 3.63) is 16.9 Å². The average molecular weight is 262 g/mol. The zero-order valence-electron chi connectivity index (χ0n) is 10.5. The lowest BCUT2D eigenvalue weighted by molar-refractivity contribution is 0.163. The normalized spacial score (nSPS) is 13.3. The number of rotatable bonds is 7. The second kappa shape index (κ2) is 6.93. The summed E-state index contributed by atoms with van der Waals surface area (Å²) < 4.78 is 6.95. The molecule has 1 rings (SSSR count). The predicted molar refractivity (Wildman–Crippen MR) is 67.7 cm³/mol. The minimum absolute atomic E-state index is 0.155. The Labute approximate surface area is 107 Å². The van der Waals surface area contributed by atoms with Crippen molar-refractivity contribution in [2.75, 3.05) is 34.4 Å². The fourth-order valence-electron chi connectivity index (χ4n) is 1.56. The van der Waals surface area contributed by atoms with Crippen molar-refractivity contribution >= 4 is 11.6 Å². The molecule has 0 aliphatic heterocycles. The Balaban J connectivity index is 2.84. The molecular formula is C10H20ClN5O. The van der Waals surface area contributed by atoms with E-state index >= 15 is 0 Å². The van der Waals surface area contributed by atoms with Crippen LogP contribution in [0.25, 0.3) is 0 Å². The second-order valence-corrected chi connectivity index (χ2v) is 4.49. The molecule has 0 amide bonds. The maximum Gasteiger partial charge on any atom is 0.0877 e. The van der Waals surface area contributed by atoms with E-state index in [1.165, 1.54) is 0 Å². The lowest BCUT2D eigenvalue weighted by Crippen LogP contribution is -2.33. The van der Waals surface area contributed by atoms with Crippen LogP contribution in [0, 0.1) is 0 Å². The molecule has 0 aromatic carbocycles. The Morgan fingerprint density at radius 1 is 1.65 bits per heavy atom. The van der Waals surface area contributed by atoms with E-state index in [9.17, 15) is 0 Å². The predicted octanol–water partition coefficient (Wildman–Crippen LogP) is 0.249. The van der Waals surface area contributed by atoms with Crippen molar-refractivity contribution < 1.29 is 4.74 Å². The first-order chi connectivity index (χ1) is 8.10. The highest BCUT2D eigenvalue weighted by molar-refractivity contribution is 6.31. The van der Waals surface area contributed by atoms with E-state index in [0.717, 1.165) is 18.8 Å². The molecule has 7 heteroatoms. The molecule has 0 spiro atoms. The molecule has 0 bridgehead atoms. The van der Waals surface area contributed by atoms with Crippen LogP contribution in [-0.2, 0) is 11.3 Å². The van der Waals surface area contributed by atoms with Crippen LogP contribution in [0.2, 0.25) is 5.02 Å². The van der Waals surface area contributed by atoms with Gasteiger partial charge in [-0.15, -0.1) is 0 Å². The van der Waals surface area contributed by atoms with Crippen molar-refractivity contribution in [3.8, 4) is 0 Å². The topological polar surface area (TPSA) is 68.3 Å². The van der Waals surface area contributed by atoms with Gasteiger partial charge in [0.15, 0.2) is 0 Å². The van der Waals surface area contributed by atoms with E-state index in [-0.39, 0.29) is 6.04 Å². The summed E-state index contributed by atoms with van der Waals surface area (Å²) in [6.07, 6.45) is 1.63. The molecule has 6 nitrogen and oxygen atoms in total. The Bertz CT molecular complexity index is 341. The fourth-order valence-corrected chi connectivity index (χ4v) is 1.84. The number of nitrogens with zero attached hydrogens (tertiary/aromatic N) is 3. The highest BCUT2D eigenvalue weighted by Crippen LogP contribution is 2.22. The van der Waals surface area contributed by atoms with Crippen molar-refractivity contribution in [3.63, 3.8) is 0 Å². The molecule has 0 aliphatic rings. The summed E-state index contributed by atoms with van der Waals surface area (Å²) in [5, 5.41) is 4.85. The highest BCUT2D eigenvalue weighted by atomic mass is 35.5. The first-order valence-electron chi connectivity index (χ1n) is 5.41. The minimum atomic E-state index is -0.155. The molecule has 1 unspecified atom stereocenters. The highest BCUT2D eigenvalue weighted by Gasteiger charge is 2.19. The molecule has 0 fully saturated rings. The van der Waals surface area contributed by atoms with Gasteiger partial charge in [-0.1, -0.05) is 11.6 Å². The van der Waals surface area contributed by atoms with Crippen LogP contribution in [0.4, 0.5) is 0 Å². The van der Waals surface area contributed by atoms with Crippen LogP contribution in [0.5, 0.6) is 0 Å². The first kappa shape index (κ1) is 14.4. The van der Waals surface area contributed by atoms with Gasteiger partial charge in [0.05, 0.1) is 36.1 Å². The smallest absolute Gasteiger partial charge is 0.0877 e. The number of hydrogen-bond acceptors (Lipinski definition) is 5. The number of hydrogen-bond donors (Lipinski definition) is 2. The van der Waals surface area contributed by atoms with E-state index < -0.39 is 0 Å². The number of aromatic nitrogens is 2. The summed E-state index contributed by atoms with van der Waals surface area (Å²) in [6, 6.07) is -0.155. The minimum Gasteiger partial charge on any atom is -0.383 e. The van der Waals surface area contributed by atoms with E-state index in [1.807, 2.05) is 18.8 Å². The average Bonchev–Trinajstić information content (AvgIpc) is 2.65. The van der Waals surface area contributed by atoms with Gasteiger partial charge in [0.1, 0.15) is 0 Å². The van der Waals surface area contributed by atoms with E-state index in [1.54, 1.807) is 13.3 Å². The monoisotopic (exact) mass is 261 g/mol. The number of ether oxygens (including phenoxy) is 1. The number of methoxy groups -OCH3 is 1. The number of hydrazine groups is 1. The second-order valence-electron chi connectivity index (χ2n) is 4.08. The maximum atomic E-state index is 6.12. The van der Waals surface area contributed by atoms with Gasteiger partial charge in [-0.3, -0.25) is 10.5 Å². The maximum absolute atomic E-state index is 6.12. The van der Waals surface area contributed by atoms with Crippen molar-refractivity contribution in [2.45, 2.75) is 12.6 Å². The SMILES string of the molecule is COCC(NN)c1c(Cl)cnn1CCN(C)C. The summed E-state index contributed by atoms with van der Waals surface area (Å²) in [4.78, 5) is 2.08. The summed E-state index contributed by atoms with van der Waals surface area (Å²) in [5.74, 6) is 5.50. The largest absolute Gasteiger partial charge is 0.383 e. The van der Waals surface area contributed by atoms with Crippen LogP contribution >= 0.6 is 11.6 Å². The third kappa shape index (κ3) is 3.93. The Hall–Kier alpha value is -0.660. The van der Waals surface area contributed by atoms with Gasteiger partial charge in [0, 0.05) is 13.7 Å². The molecule has 0 radical (unpaired) electrons. The number of nitrogens with two attached hydrogens (primary N) is 1. The molecule has 1 atom stereocenters. The molecule has 98 valence electrons. The van der Waals surface area contributed by atoms with Gasteiger partial charge >= 0.3 is 0 Å². The molecule has 1 aromatic rings. The molecule has 1 heterocycles. The quantitative estimate of drug-likeness (QED) is 0.544. The molecule has 17 heavy (non-hydrogen) atoms.